The molecule has 10 heteroatoms. The van der Waals surface area contributed by atoms with Gasteiger partial charge in [0.1, 0.15) is 11.9 Å². The van der Waals surface area contributed by atoms with Gasteiger partial charge in [0, 0.05) is 34.1 Å². The lowest BCUT2D eigenvalue weighted by molar-refractivity contribution is -0.141. The van der Waals surface area contributed by atoms with Crippen molar-refractivity contribution >= 4 is 29.2 Å². The number of aliphatic hydroxyl groups excluding tert-OH is 1. The van der Waals surface area contributed by atoms with Crippen LogP contribution in [0.4, 0.5) is 0 Å². The molecule has 0 radical (unpaired) electrons. The summed E-state index contributed by atoms with van der Waals surface area (Å²) in [5.41, 5.74) is 8.81. The molecule has 1 aromatic rings. The largest absolute Gasteiger partial charge is 0.455 e. The number of aromatic nitrogens is 1. The number of aliphatic hydroxyl groups is 1. The van der Waals surface area contributed by atoms with Crippen LogP contribution in [0.2, 0.25) is 0 Å². The molecule has 3 heterocycles. The van der Waals surface area contributed by atoms with Gasteiger partial charge in [-0.2, -0.15) is 0 Å². The lowest BCUT2D eigenvalue weighted by Crippen LogP contribution is -2.38. The van der Waals surface area contributed by atoms with Crippen molar-refractivity contribution in [3.63, 3.8) is 0 Å². The number of ketones is 1. The quantitative estimate of drug-likeness (QED) is 0.172. The number of esters is 1. The molecular weight excluding hydrogens is 492 g/mol. The van der Waals surface area contributed by atoms with Crippen LogP contribution in [0.5, 0.6) is 0 Å². The molecule has 37 heavy (non-hydrogen) atoms. The number of cyclic esters (lactones) is 1. The van der Waals surface area contributed by atoms with Crippen molar-refractivity contribution in [1.29, 1.82) is 0 Å². The van der Waals surface area contributed by atoms with E-state index in [1.54, 1.807) is 26.8 Å². The summed E-state index contributed by atoms with van der Waals surface area (Å²) in [6.07, 6.45) is 6.38. The van der Waals surface area contributed by atoms with E-state index in [2.05, 4.69) is 21.9 Å². The van der Waals surface area contributed by atoms with E-state index < -0.39 is 29.5 Å². The number of Topliss-reactive ketones (excluding diaryl/α,β-unsaturated/α-hetero) is 1. The smallest absolute Gasteiger partial charge is 0.331 e. The van der Waals surface area contributed by atoms with Gasteiger partial charge >= 0.3 is 5.97 Å². The van der Waals surface area contributed by atoms with E-state index in [4.69, 9.17) is 15.0 Å². The van der Waals surface area contributed by atoms with Gasteiger partial charge in [-0.3, -0.25) is 4.79 Å². The van der Waals surface area contributed by atoms with Crippen LogP contribution in [0.25, 0.3) is 16.5 Å². The van der Waals surface area contributed by atoms with Gasteiger partial charge in [0.05, 0.1) is 35.1 Å². The second-order valence-electron chi connectivity index (χ2n) is 11.1. The molecule has 1 N–H and O–H groups in total. The fraction of sp³-hybridized carbons (Fsp3) is 0.667. The molecule has 0 aliphatic carbocycles. The van der Waals surface area contributed by atoms with Gasteiger partial charge in [0.25, 0.3) is 0 Å². The minimum Gasteiger partial charge on any atom is -0.455 e. The Labute approximate surface area is 222 Å². The second kappa shape index (κ2) is 11.9. The van der Waals surface area contributed by atoms with E-state index in [0.717, 1.165) is 24.8 Å². The summed E-state index contributed by atoms with van der Waals surface area (Å²) in [7, 11) is 0. The molecule has 3 rings (SSSR count). The monoisotopic (exact) mass is 530 g/mol. The molecule has 0 saturated carbocycles. The van der Waals surface area contributed by atoms with E-state index in [1.165, 1.54) is 17.4 Å². The Morgan fingerprint density at radius 3 is 2.78 bits per heavy atom. The first-order chi connectivity index (χ1) is 17.4. The van der Waals surface area contributed by atoms with Crippen LogP contribution < -0.4 is 0 Å². The van der Waals surface area contributed by atoms with Gasteiger partial charge in [-0.15, -0.1) is 11.3 Å². The highest BCUT2D eigenvalue weighted by Crippen LogP contribution is 2.45. The molecule has 0 spiro atoms. The highest BCUT2D eigenvalue weighted by molar-refractivity contribution is 7.09. The Morgan fingerprint density at radius 2 is 2.08 bits per heavy atom. The SMILES string of the molecule is C/C(=C\c1csc(CN=[N+]=[N-])n1)[C@@H]1C[C@@H]2O[C@]2(C)CCC[C@H](C)[C@H](O)[C@@H](C)C(=O)C(C)(C)/C=C/C(=O)O1. The highest BCUT2D eigenvalue weighted by Gasteiger charge is 2.52. The van der Waals surface area contributed by atoms with Crippen molar-refractivity contribution in [3.8, 4) is 0 Å². The van der Waals surface area contributed by atoms with Crippen molar-refractivity contribution in [2.24, 2.45) is 22.4 Å². The fourth-order valence-corrected chi connectivity index (χ4v) is 5.60. The Kier molecular flexibility index (Phi) is 9.34. The zero-order valence-electron chi connectivity index (χ0n) is 22.5. The molecule has 1 aromatic heterocycles. The first kappa shape index (κ1) is 29.0. The van der Waals surface area contributed by atoms with Gasteiger partial charge in [-0.05, 0) is 63.6 Å². The number of azide groups is 1. The van der Waals surface area contributed by atoms with E-state index in [9.17, 15) is 14.7 Å². The maximum atomic E-state index is 13.2. The minimum atomic E-state index is -0.933. The number of hydrogen-bond donors (Lipinski definition) is 1. The van der Waals surface area contributed by atoms with Crippen molar-refractivity contribution in [3.05, 3.63) is 44.2 Å². The number of nitrogens with zero attached hydrogens (tertiary/aromatic N) is 4. The zero-order valence-corrected chi connectivity index (χ0v) is 23.3. The van der Waals surface area contributed by atoms with Crippen LogP contribution in [0.15, 0.2) is 28.2 Å². The third kappa shape index (κ3) is 7.51. The average Bonchev–Trinajstić information content (AvgIpc) is 3.26. The Hall–Kier alpha value is -2.52. The number of thiazole rings is 1. The summed E-state index contributed by atoms with van der Waals surface area (Å²) in [5.74, 6) is -1.25. The van der Waals surface area contributed by atoms with Gasteiger partial charge in [-0.25, -0.2) is 9.78 Å². The van der Waals surface area contributed by atoms with E-state index in [-0.39, 0.29) is 30.0 Å². The summed E-state index contributed by atoms with van der Waals surface area (Å²) in [6.45, 7) is 11.4. The third-order valence-corrected chi connectivity index (χ3v) is 8.41. The second-order valence-corrected chi connectivity index (χ2v) is 12.0. The number of carbonyl (C=O) groups excluding carboxylic acids is 2. The van der Waals surface area contributed by atoms with Gasteiger partial charge < -0.3 is 14.6 Å². The first-order valence-corrected chi connectivity index (χ1v) is 13.7. The third-order valence-electron chi connectivity index (χ3n) is 7.56. The van der Waals surface area contributed by atoms with E-state index >= 15 is 0 Å². The molecule has 1 fully saturated rings. The standard InChI is InChI=1S/C27H38N4O5S/c1-16-8-7-10-27(6)21(36-27)13-20(17(2)12-19-15-37-22(30-19)14-29-31-28)35-23(32)9-11-26(4,5)25(34)18(3)24(16)33/h9,11-12,15-16,18,20-21,24,33H,7-8,10,13-14H2,1-6H3/b11-9+,17-12+/t16-,18+,20-,21-,24-,27+/m0/s1. The van der Waals surface area contributed by atoms with Crippen LogP contribution in [0.1, 0.15) is 77.9 Å². The van der Waals surface area contributed by atoms with Gasteiger partial charge in [-0.1, -0.05) is 31.5 Å². The van der Waals surface area contributed by atoms with Gasteiger partial charge in [0.15, 0.2) is 0 Å². The predicted molar refractivity (Wildman–Crippen MR) is 143 cm³/mol. The Balaban J connectivity index is 1.85. The summed E-state index contributed by atoms with van der Waals surface area (Å²) in [6, 6.07) is 0. The summed E-state index contributed by atoms with van der Waals surface area (Å²) < 4.78 is 11.9. The predicted octanol–water partition coefficient (Wildman–Crippen LogP) is 5.78. The average molecular weight is 531 g/mol. The number of ether oxygens (including phenoxy) is 2. The number of fused-ring (bicyclic) bond motifs is 1. The zero-order chi connectivity index (χ0) is 27.4. The van der Waals surface area contributed by atoms with Crippen LogP contribution in [0.3, 0.4) is 0 Å². The number of allylic oxidation sites excluding steroid dienone is 1. The topological polar surface area (TPSA) is 138 Å². The Bertz CT molecular complexity index is 1110. The molecule has 0 unspecified atom stereocenters. The summed E-state index contributed by atoms with van der Waals surface area (Å²) >= 11 is 1.40. The highest BCUT2D eigenvalue weighted by atomic mass is 32.1. The number of carbonyl (C=O) groups is 2. The molecule has 2 aliphatic rings. The molecular formula is C27H38N4O5S. The molecule has 2 aliphatic heterocycles. The van der Waals surface area contributed by atoms with Crippen LogP contribution in [-0.4, -0.2) is 45.8 Å². The molecule has 202 valence electrons. The lowest BCUT2D eigenvalue weighted by atomic mass is 9.76. The van der Waals surface area contributed by atoms with E-state index in [1.807, 2.05) is 25.3 Å². The van der Waals surface area contributed by atoms with Crippen molar-refractivity contribution in [2.75, 3.05) is 0 Å². The first-order valence-electron chi connectivity index (χ1n) is 12.8. The van der Waals surface area contributed by atoms with Crippen molar-refractivity contribution in [2.45, 2.75) is 97.7 Å². The maximum Gasteiger partial charge on any atom is 0.331 e. The number of rotatable bonds is 4. The van der Waals surface area contributed by atoms with Crippen molar-refractivity contribution < 1.29 is 24.2 Å². The molecule has 1 saturated heterocycles. The summed E-state index contributed by atoms with van der Waals surface area (Å²) in [4.78, 5) is 33.2. The molecule has 0 amide bonds. The normalized spacial score (nSPS) is 34.1. The van der Waals surface area contributed by atoms with Crippen LogP contribution in [0, 0.1) is 17.3 Å². The minimum absolute atomic E-state index is 0.0304. The fourth-order valence-electron chi connectivity index (χ4n) is 4.93. The molecule has 9 nitrogen and oxygen atoms in total. The molecule has 0 bridgehead atoms. The number of hydrogen-bond acceptors (Lipinski definition) is 8. The van der Waals surface area contributed by atoms with Crippen LogP contribution >= 0.6 is 11.3 Å². The molecule has 0 aromatic carbocycles. The Morgan fingerprint density at radius 1 is 1.35 bits per heavy atom. The summed E-state index contributed by atoms with van der Waals surface area (Å²) in [5, 5.41) is 16.9. The van der Waals surface area contributed by atoms with Crippen molar-refractivity contribution in [1.82, 2.24) is 4.98 Å². The lowest BCUT2D eigenvalue weighted by Gasteiger charge is -2.30. The molecule has 6 atom stereocenters. The van der Waals surface area contributed by atoms with Crippen LogP contribution in [-0.2, 0) is 25.6 Å². The number of epoxide rings is 1. The van der Waals surface area contributed by atoms with E-state index in [0.29, 0.717) is 17.1 Å². The van der Waals surface area contributed by atoms with Gasteiger partial charge in [0.2, 0.25) is 0 Å². The maximum absolute atomic E-state index is 13.2.